The third kappa shape index (κ3) is 9.80. The summed E-state index contributed by atoms with van der Waals surface area (Å²) in [5.41, 5.74) is 6.54. The first-order chi connectivity index (χ1) is 21.9. The molecular weight excluding hydrogens is 631 g/mol. The zero-order valence-corrected chi connectivity index (χ0v) is 27.2. The minimum absolute atomic E-state index is 0.101. The van der Waals surface area contributed by atoms with E-state index in [1.54, 1.807) is 24.3 Å². The van der Waals surface area contributed by atoms with Crippen LogP contribution in [-0.2, 0) is 36.6 Å². The average molecular weight is 671 g/mol. The van der Waals surface area contributed by atoms with Gasteiger partial charge in [0.05, 0.1) is 19.0 Å². The molecule has 3 aromatic carbocycles. The predicted molar refractivity (Wildman–Crippen MR) is 176 cm³/mol. The molecule has 0 aliphatic carbocycles. The van der Waals surface area contributed by atoms with Crippen LogP contribution in [-0.4, -0.2) is 81.3 Å². The minimum Gasteiger partial charge on any atom is -0.496 e. The van der Waals surface area contributed by atoms with Crippen LogP contribution in [0.1, 0.15) is 30.4 Å². The second-order valence-electron chi connectivity index (χ2n) is 11.2. The maximum atomic E-state index is 13.9. The predicted octanol–water partition coefficient (Wildman–Crippen LogP) is 2.34. The molecule has 246 valence electrons. The standard InChI is InChI=1S/C32H39N4O8PS/c1-44-28-12-5-4-10-24(28)18-29(37)34-26(19-46-20-45(41,42)43)32(40)36-15-7-6-11-27(36)31(39)35-25(30(33)38)17-21-13-14-22-8-2-3-9-23(22)16-21/h2-5,8-10,12-14,16,25-27H,6-7,11,15,17-20H2,1H3,(H2,33,38)(H,34,37)(H,35,39)(H2,41,42,43). The Morgan fingerprint density at radius 1 is 1.00 bits per heavy atom. The second-order valence-corrected chi connectivity index (χ2v) is 14.3. The first kappa shape index (κ1) is 35.0. The van der Waals surface area contributed by atoms with Crippen LogP contribution in [0, 0.1) is 0 Å². The van der Waals surface area contributed by atoms with Gasteiger partial charge in [0.2, 0.25) is 23.6 Å². The molecule has 46 heavy (non-hydrogen) atoms. The Labute approximate surface area is 271 Å². The van der Waals surface area contributed by atoms with Crippen LogP contribution in [0.4, 0.5) is 0 Å². The van der Waals surface area contributed by atoms with Crippen molar-refractivity contribution in [2.45, 2.75) is 50.2 Å². The van der Waals surface area contributed by atoms with E-state index in [-0.39, 0.29) is 25.1 Å². The average Bonchev–Trinajstić information content (AvgIpc) is 3.03. The van der Waals surface area contributed by atoms with E-state index in [0.717, 1.165) is 28.1 Å². The number of methoxy groups -OCH3 is 1. The summed E-state index contributed by atoms with van der Waals surface area (Å²) in [6.45, 7) is 0.227. The van der Waals surface area contributed by atoms with E-state index in [0.29, 0.717) is 30.6 Å². The van der Waals surface area contributed by atoms with Crippen LogP contribution in [0.2, 0.25) is 0 Å². The van der Waals surface area contributed by atoms with Gasteiger partial charge in [0.1, 0.15) is 23.9 Å². The van der Waals surface area contributed by atoms with Crippen molar-refractivity contribution in [2.24, 2.45) is 5.73 Å². The molecule has 1 fully saturated rings. The highest BCUT2D eigenvalue weighted by Crippen LogP contribution is 2.38. The molecule has 1 saturated heterocycles. The van der Waals surface area contributed by atoms with Gasteiger partial charge in [-0.25, -0.2) is 0 Å². The molecule has 1 aliphatic heterocycles. The number of carbonyl (C=O) groups is 4. The zero-order chi connectivity index (χ0) is 33.3. The van der Waals surface area contributed by atoms with Crippen molar-refractivity contribution in [3.05, 3.63) is 77.9 Å². The molecule has 1 aliphatic rings. The second kappa shape index (κ2) is 16.1. The molecule has 3 unspecified atom stereocenters. The molecule has 6 N–H and O–H groups in total. The summed E-state index contributed by atoms with van der Waals surface area (Å²) in [6, 6.07) is 17.3. The maximum absolute atomic E-state index is 13.9. The number of piperidine rings is 1. The van der Waals surface area contributed by atoms with Gasteiger partial charge >= 0.3 is 7.60 Å². The van der Waals surface area contributed by atoms with E-state index in [1.165, 1.54) is 12.0 Å². The van der Waals surface area contributed by atoms with Crippen molar-refractivity contribution in [2.75, 3.05) is 24.9 Å². The van der Waals surface area contributed by atoms with Crippen molar-refractivity contribution in [1.29, 1.82) is 0 Å². The number of para-hydroxylation sites is 1. The summed E-state index contributed by atoms with van der Waals surface area (Å²) in [5, 5.41) is 7.45. The first-order valence-corrected chi connectivity index (χ1v) is 17.8. The number of amides is 4. The fourth-order valence-electron chi connectivity index (χ4n) is 5.49. The highest BCUT2D eigenvalue weighted by atomic mass is 32.2. The van der Waals surface area contributed by atoms with Gasteiger partial charge in [-0.15, -0.1) is 11.8 Å². The van der Waals surface area contributed by atoms with Crippen molar-refractivity contribution in [3.63, 3.8) is 0 Å². The maximum Gasteiger partial charge on any atom is 0.335 e. The quantitative estimate of drug-likeness (QED) is 0.160. The minimum atomic E-state index is -4.38. The molecule has 14 heteroatoms. The molecule has 0 bridgehead atoms. The number of primary amides is 1. The summed E-state index contributed by atoms with van der Waals surface area (Å²) >= 11 is 0.831. The van der Waals surface area contributed by atoms with Crippen molar-refractivity contribution in [3.8, 4) is 5.75 Å². The Balaban J connectivity index is 1.49. The van der Waals surface area contributed by atoms with Gasteiger partial charge in [-0.05, 0) is 41.7 Å². The van der Waals surface area contributed by atoms with Crippen LogP contribution in [0.5, 0.6) is 5.75 Å². The molecule has 0 saturated carbocycles. The lowest BCUT2D eigenvalue weighted by atomic mass is 9.98. The first-order valence-electron chi connectivity index (χ1n) is 14.9. The van der Waals surface area contributed by atoms with E-state index >= 15 is 0 Å². The summed E-state index contributed by atoms with van der Waals surface area (Å²) in [4.78, 5) is 73.1. The molecule has 1 heterocycles. The number of likely N-dealkylation sites (tertiary alicyclic amines) is 1. The molecular formula is C32H39N4O8PS. The summed E-state index contributed by atoms with van der Waals surface area (Å²) in [7, 11) is -2.90. The van der Waals surface area contributed by atoms with Gasteiger partial charge in [0.25, 0.3) is 0 Å². The lowest BCUT2D eigenvalue weighted by Gasteiger charge is -2.37. The van der Waals surface area contributed by atoms with E-state index < -0.39 is 54.8 Å². The van der Waals surface area contributed by atoms with Gasteiger partial charge in [-0.3, -0.25) is 23.7 Å². The third-order valence-electron chi connectivity index (χ3n) is 7.72. The van der Waals surface area contributed by atoms with Crippen LogP contribution in [0.3, 0.4) is 0 Å². The number of carbonyl (C=O) groups excluding carboxylic acids is 4. The smallest absolute Gasteiger partial charge is 0.335 e. The highest BCUT2D eigenvalue weighted by Gasteiger charge is 2.37. The molecule has 3 atom stereocenters. The fraction of sp³-hybridized carbons (Fsp3) is 0.375. The number of hydrogen-bond donors (Lipinski definition) is 5. The van der Waals surface area contributed by atoms with E-state index in [4.69, 9.17) is 10.5 Å². The molecule has 0 radical (unpaired) electrons. The SMILES string of the molecule is COc1ccccc1CC(=O)NC(CSCP(=O)(O)O)C(=O)N1CCCCC1C(=O)NC(Cc1ccc2ccccc2c1)C(N)=O. The van der Waals surface area contributed by atoms with Gasteiger partial charge in [0, 0.05) is 24.3 Å². The molecule has 4 amide bonds. The van der Waals surface area contributed by atoms with Crippen LogP contribution in [0.15, 0.2) is 66.7 Å². The largest absolute Gasteiger partial charge is 0.496 e. The van der Waals surface area contributed by atoms with Crippen molar-refractivity contribution >= 4 is 53.8 Å². The lowest BCUT2D eigenvalue weighted by molar-refractivity contribution is -0.145. The molecule has 12 nitrogen and oxygen atoms in total. The van der Waals surface area contributed by atoms with Gasteiger partial charge in [0.15, 0.2) is 0 Å². The molecule has 3 aromatic rings. The van der Waals surface area contributed by atoms with Crippen LogP contribution < -0.4 is 21.1 Å². The normalized spacial score (nSPS) is 16.3. The lowest BCUT2D eigenvalue weighted by Crippen LogP contribution is -2.60. The van der Waals surface area contributed by atoms with Gasteiger partial charge in [-0.2, -0.15) is 0 Å². The van der Waals surface area contributed by atoms with Crippen LogP contribution in [0.25, 0.3) is 10.8 Å². The monoisotopic (exact) mass is 670 g/mol. The summed E-state index contributed by atoms with van der Waals surface area (Å²) in [6.07, 6.45) is 1.66. The number of nitrogens with two attached hydrogens (primary N) is 1. The van der Waals surface area contributed by atoms with Crippen molar-refractivity contribution < 1.29 is 38.3 Å². The Hall–Kier alpha value is -3.90. The molecule has 0 aromatic heterocycles. The van der Waals surface area contributed by atoms with E-state index in [9.17, 15) is 33.5 Å². The van der Waals surface area contributed by atoms with Crippen molar-refractivity contribution in [1.82, 2.24) is 15.5 Å². The number of fused-ring (bicyclic) bond motifs is 1. The topological polar surface area (TPSA) is 188 Å². The summed E-state index contributed by atoms with van der Waals surface area (Å²) < 4.78 is 16.8. The number of ether oxygens (including phenoxy) is 1. The Morgan fingerprint density at radius 2 is 1.72 bits per heavy atom. The number of nitrogens with one attached hydrogen (secondary N) is 2. The third-order valence-corrected chi connectivity index (χ3v) is 10.4. The number of rotatable bonds is 14. The van der Waals surface area contributed by atoms with Gasteiger partial charge < -0.3 is 35.8 Å². The van der Waals surface area contributed by atoms with Gasteiger partial charge in [-0.1, -0.05) is 60.7 Å². The number of thioether (sulfide) groups is 1. The summed E-state index contributed by atoms with van der Waals surface area (Å²) in [5.74, 6) is -1.95. The zero-order valence-electron chi connectivity index (χ0n) is 25.5. The van der Waals surface area contributed by atoms with Crippen LogP contribution >= 0.6 is 19.4 Å². The van der Waals surface area contributed by atoms with E-state index in [1.807, 2.05) is 42.5 Å². The van der Waals surface area contributed by atoms with E-state index in [2.05, 4.69) is 10.6 Å². The fourth-order valence-corrected chi connectivity index (χ4v) is 7.33. The Morgan fingerprint density at radius 3 is 2.43 bits per heavy atom. The molecule has 0 spiro atoms. The number of benzene rings is 3. The Kier molecular flexibility index (Phi) is 12.2. The molecule has 4 rings (SSSR count). The highest BCUT2D eigenvalue weighted by molar-refractivity contribution is 8.04. The Bertz CT molecular complexity index is 1620. The number of hydrogen-bond acceptors (Lipinski definition) is 7. The number of nitrogens with zero attached hydrogens (tertiary/aromatic N) is 1.